The van der Waals surface area contributed by atoms with Crippen molar-refractivity contribution in [3.63, 3.8) is 0 Å². The molecular weight excluding hydrogens is 410 g/mol. The number of ether oxygens (including phenoxy) is 1. The number of carbonyl (C=O) groups is 2. The Balaban J connectivity index is 1.90. The second kappa shape index (κ2) is 8.36. The monoisotopic (exact) mass is 431 g/mol. The number of hydrogen-bond acceptors (Lipinski definition) is 4. The second-order valence-corrected chi connectivity index (χ2v) is 8.44. The summed E-state index contributed by atoms with van der Waals surface area (Å²) in [6, 6.07) is 1.60. The molecule has 1 aromatic rings. The normalized spacial score (nSPS) is 20.7. The van der Waals surface area contributed by atoms with Crippen molar-refractivity contribution in [1.82, 2.24) is 10.3 Å². The van der Waals surface area contributed by atoms with Gasteiger partial charge < -0.3 is 15.4 Å². The van der Waals surface area contributed by atoms with Crippen LogP contribution in [0.1, 0.15) is 46.5 Å². The maximum absolute atomic E-state index is 12.5. The van der Waals surface area contributed by atoms with E-state index in [1.54, 1.807) is 6.07 Å². The van der Waals surface area contributed by atoms with E-state index >= 15 is 0 Å². The summed E-state index contributed by atoms with van der Waals surface area (Å²) < 4.78 is 5.95. The number of hydrogen-bond donors (Lipinski definition) is 2. The lowest BCUT2D eigenvalue weighted by molar-refractivity contribution is -0.121. The minimum absolute atomic E-state index is 0.0655. The first-order valence-corrected chi connectivity index (χ1v) is 9.42. The molecule has 1 aliphatic carbocycles. The van der Waals surface area contributed by atoms with Gasteiger partial charge in [-0.3, -0.25) is 4.79 Å². The zero-order chi connectivity index (χ0) is 18.6. The number of nitrogens with zero attached hydrogens (tertiary/aromatic N) is 1. The molecule has 0 aliphatic heterocycles. The molecule has 2 amide bonds. The Kier molecular flexibility index (Phi) is 6.68. The average Bonchev–Trinajstić information content (AvgIpc) is 2.49. The highest BCUT2D eigenvalue weighted by Crippen LogP contribution is 2.27. The van der Waals surface area contributed by atoms with Crippen molar-refractivity contribution in [3.05, 3.63) is 21.8 Å². The first-order chi connectivity index (χ1) is 11.6. The van der Waals surface area contributed by atoms with Crippen LogP contribution in [-0.4, -0.2) is 28.6 Å². The van der Waals surface area contributed by atoms with Crippen LogP contribution in [0.3, 0.4) is 0 Å². The van der Waals surface area contributed by atoms with Crippen molar-refractivity contribution in [2.45, 2.75) is 58.1 Å². The molecule has 1 fully saturated rings. The van der Waals surface area contributed by atoms with E-state index in [9.17, 15) is 9.59 Å². The molecule has 2 N–H and O–H groups in total. The number of aromatic nitrogens is 1. The smallest absolute Gasteiger partial charge is 0.407 e. The zero-order valence-corrected chi connectivity index (χ0v) is 16.9. The SMILES string of the molecule is CC(C)(C)OC(=O)NC1CCCC(C(=O)Nc2cc(Br)c(Cl)cn2)C1. The van der Waals surface area contributed by atoms with Crippen LogP contribution >= 0.6 is 27.5 Å². The quantitative estimate of drug-likeness (QED) is 0.736. The second-order valence-electron chi connectivity index (χ2n) is 7.18. The van der Waals surface area contributed by atoms with Gasteiger partial charge in [0, 0.05) is 22.6 Å². The van der Waals surface area contributed by atoms with Crippen molar-refractivity contribution in [1.29, 1.82) is 0 Å². The molecule has 0 bridgehead atoms. The predicted molar refractivity (Wildman–Crippen MR) is 101 cm³/mol. The van der Waals surface area contributed by atoms with Gasteiger partial charge in [-0.1, -0.05) is 18.0 Å². The molecule has 0 saturated heterocycles. The molecular formula is C17H23BrClN3O3. The summed E-state index contributed by atoms with van der Waals surface area (Å²) in [6.45, 7) is 5.46. The van der Waals surface area contributed by atoms with Crippen molar-refractivity contribution in [2.75, 3.05) is 5.32 Å². The van der Waals surface area contributed by atoms with Crippen molar-refractivity contribution in [2.24, 2.45) is 5.92 Å². The number of nitrogens with one attached hydrogen (secondary N) is 2. The van der Waals surface area contributed by atoms with Gasteiger partial charge in [-0.2, -0.15) is 0 Å². The molecule has 6 nitrogen and oxygen atoms in total. The molecule has 1 aliphatic rings. The number of alkyl carbamates (subject to hydrolysis) is 1. The number of halogens is 2. The van der Waals surface area contributed by atoms with Crippen LogP contribution in [0, 0.1) is 5.92 Å². The molecule has 2 unspecified atom stereocenters. The van der Waals surface area contributed by atoms with Crippen LogP contribution < -0.4 is 10.6 Å². The summed E-state index contributed by atoms with van der Waals surface area (Å²) in [5, 5.41) is 6.15. The third-order valence-corrected chi connectivity index (χ3v) is 5.01. The number of amides is 2. The van der Waals surface area contributed by atoms with E-state index in [0.717, 1.165) is 19.3 Å². The van der Waals surface area contributed by atoms with E-state index in [1.165, 1.54) is 6.20 Å². The lowest BCUT2D eigenvalue weighted by Gasteiger charge is -2.30. The average molecular weight is 433 g/mol. The fourth-order valence-corrected chi connectivity index (χ4v) is 3.17. The topological polar surface area (TPSA) is 80.3 Å². The number of pyridine rings is 1. The highest BCUT2D eigenvalue weighted by molar-refractivity contribution is 9.10. The fraction of sp³-hybridized carbons (Fsp3) is 0.588. The Morgan fingerprint density at radius 3 is 2.72 bits per heavy atom. The van der Waals surface area contributed by atoms with Gasteiger partial charge in [0.2, 0.25) is 5.91 Å². The van der Waals surface area contributed by atoms with Crippen molar-refractivity contribution < 1.29 is 14.3 Å². The van der Waals surface area contributed by atoms with Gasteiger partial charge in [0.25, 0.3) is 0 Å². The maximum Gasteiger partial charge on any atom is 0.407 e. The lowest BCUT2D eigenvalue weighted by atomic mass is 9.85. The zero-order valence-electron chi connectivity index (χ0n) is 14.6. The number of anilines is 1. The third-order valence-electron chi connectivity index (χ3n) is 3.83. The first kappa shape index (κ1) is 20.0. The predicted octanol–water partition coefficient (Wildman–Crippen LogP) is 4.52. The van der Waals surface area contributed by atoms with Gasteiger partial charge in [0.05, 0.1) is 5.02 Å². The molecule has 138 valence electrons. The van der Waals surface area contributed by atoms with Gasteiger partial charge in [0.1, 0.15) is 11.4 Å². The summed E-state index contributed by atoms with van der Waals surface area (Å²) in [5.41, 5.74) is -0.539. The first-order valence-electron chi connectivity index (χ1n) is 8.25. The molecule has 2 rings (SSSR count). The Morgan fingerprint density at radius 1 is 1.36 bits per heavy atom. The molecule has 8 heteroatoms. The van der Waals surface area contributed by atoms with E-state index in [4.69, 9.17) is 16.3 Å². The largest absolute Gasteiger partial charge is 0.444 e. The summed E-state index contributed by atoms with van der Waals surface area (Å²) >= 11 is 9.21. The Morgan fingerprint density at radius 2 is 2.08 bits per heavy atom. The summed E-state index contributed by atoms with van der Waals surface area (Å²) in [7, 11) is 0. The minimum atomic E-state index is -0.539. The Labute approximate surface area is 161 Å². The minimum Gasteiger partial charge on any atom is -0.444 e. The molecule has 0 aromatic carbocycles. The highest BCUT2D eigenvalue weighted by Gasteiger charge is 2.29. The van der Waals surface area contributed by atoms with E-state index in [-0.39, 0.29) is 17.9 Å². The molecule has 0 radical (unpaired) electrons. The van der Waals surface area contributed by atoms with Crippen molar-refractivity contribution in [3.8, 4) is 0 Å². The number of carbonyl (C=O) groups excluding carboxylic acids is 2. The standard InChI is InChI=1S/C17H23BrClN3O3/c1-17(2,3)25-16(24)21-11-6-4-5-10(7-11)15(23)22-14-8-12(18)13(19)9-20-14/h8-11H,4-7H2,1-3H3,(H,21,24)(H,20,22,23). The summed E-state index contributed by atoms with van der Waals surface area (Å²) in [5.74, 6) is 0.172. The van der Waals surface area contributed by atoms with Crippen LogP contribution in [0.25, 0.3) is 0 Å². The van der Waals surface area contributed by atoms with E-state index < -0.39 is 11.7 Å². The fourth-order valence-electron chi connectivity index (χ4n) is 2.74. The molecule has 1 aromatic heterocycles. The van der Waals surface area contributed by atoms with E-state index in [2.05, 4.69) is 31.5 Å². The Bertz CT molecular complexity index is 649. The third kappa shape index (κ3) is 6.47. The van der Waals surface area contributed by atoms with Gasteiger partial charge in [0.15, 0.2) is 0 Å². The van der Waals surface area contributed by atoms with Gasteiger partial charge in [-0.25, -0.2) is 9.78 Å². The summed E-state index contributed by atoms with van der Waals surface area (Å²) in [4.78, 5) is 28.5. The lowest BCUT2D eigenvalue weighted by Crippen LogP contribution is -2.43. The van der Waals surface area contributed by atoms with Crippen LogP contribution in [0.2, 0.25) is 5.02 Å². The van der Waals surface area contributed by atoms with Crippen LogP contribution in [0.4, 0.5) is 10.6 Å². The van der Waals surface area contributed by atoms with Crippen LogP contribution in [0.5, 0.6) is 0 Å². The van der Waals surface area contributed by atoms with Gasteiger partial charge in [-0.15, -0.1) is 0 Å². The van der Waals surface area contributed by atoms with Crippen LogP contribution in [0.15, 0.2) is 16.7 Å². The molecule has 2 atom stereocenters. The molecule has 0 spiro atoms. The van der Waals surface area contributed by atoms with Gasteiger partial charge in [-0.05, 0) is 62.0 Å². The molecule has 25 heavy (non-hydrogen) atoms. The van der Waals surface area contributed by atoms with Crippen molar-refractivity contribution >= 4 is 45.3 Å². The Hall–Kier alpha value is -1.34. The number of rotatable bonds is 3. The molecule has 1 saturated carbocycles. The highest BCUT2D eigenvalue weighted by atomic mass is 79.9. The molecule has 1 heterocycles. The van der Waals surface area contributed by atoms with Gasteiger partial charge >= 0.3 is 6.09 Å². The van der Waals surface area contributed by atoms with Crippen LogP contribution in [-0.2, 0) is 9.53 Å². The van der Waals surface area contributed by atoms with E-state index in [1.807, 2.05) is 20.8 Å². The summed E-state index contributed by atoms with van der Waals surface area (Å²) in [6.07, 6.45) is 4.12. The van der Waals surface area contributed by atoms with E-state index in [0.29, 0.717) is 21.7 Å². The maximum atomic E-state index is 12.5.